The molecule has 21 heavy (non-hydrogen) atoms. The summed E-state index contributed by atoms with van der Waals surface area (Å²) in [5.41, 5.74) is 2.25. The van der Waals surface area contributed by atoms with Gasteiger partial charge in [0.2, 0.25) is 0 Å². The normalized spacial score (nSPS) is 11.2. The first kappa shape index (κ1) is 16.1. The Morgan fingerprint density at radius 2 is 2.05 bits per heavy atom. The Morgan fingerprint density at radius 1 is 1.24 bits per heavy atom. The van der Waals surface area contributed by atoms with E-state index in [-0.39, 0.29) is 0 Å². The van der Waals surface area contributed by atoms with Crippen molar-refractivity contribution in [3.63, 3.8) is 0 Å². The summed E-state index contributed by atoms with van der Waals surface area (Å²) in [6.45, 7) is 7.83. The molecular weight excluding hydrogens is 280 g/mol. The molecule has 0 fully saturated rings. The van der Waals surface area contributed by atoms with E-state index in [9.17, 15) is 0 Å². The molecule has 4 heteroatoms. The largest absolute Gasteiger partial charge is 0.381 e. The lowest BCUT2D eigenvalue weighted by Crippen LogP contribution is -2.16. The number of benzene rings is 1. The number of aromatic nitrogens is 1. The van der Waals surface area contributed by atoms with E-state index in [1.165, 1.54) is 5.56 Å². The topological polar surface area (TPSA) is 34.1 Å². The molecular formula is C17H24N2OS. The predicted molar refractivity (Wildman–Crippen MR) is 89.5 cm³/mol. The van der Waals surface area contributed by atoms with Crippen LogP contribution in [0.3, 0.4) is 0 Å². The Hall–Kier alpha value is -1.23. The van der Waals surface area contributed by atoms with E-state index in [0.717, 1.165) is 43.4 Å². The lowest BCUT2D eigenvalue weighted by atomic mass is 10.2. The standard InChI is InChI=1S/C17H24N2OS/c1-14(2)12-20-10-6-9-18-11-17-19-16(13-21-17)15-7-4-3-5-8-15/h3-5,7-8,13-14,18H,6,9-12H2,1-2H3. The van der Waals surface area contributed by atoms with E-state index in [4.69, 9.17) is 4.74 Å². The highest BCUT2D eigenvalue weighted by Gasteiger charge is 2.03. The highest BCUT2D eigenvalue weighted by molar-refractivity contribution is 7.09. The molecule has 0 saturated carbocycles. The molecule has 1 aromatic carbocycles. The third kappa shape index (κ3) is 5.96. The Labute approximate surface area is 131 Å². The quantitative estimate of drug-likeness (QED) is 0.712. The molecule has 2 aromatic rings. The molecule has 1 N–H and O–H groups in total. The van der Waals surface area contributed by atoms with Crippen molar-refractivity contribution in [1.82, 2.24) is 10.3 Å². The highest BCUT2D eigenvalue weighted by atomic mass is 32.1. The van der Waals surface area contributed by atoms with Gasteiger partial charge in [0.25, 0.3) is 0 Å². The van der Waals surface area contributed by atoms with Crippen molar-refractivity contribution >= 4 is 11.3 Å². The second-order valence-corrected chi connectivity index (χ2v) is 6.43. The lowest BCUT2D eigenvalue weighted by Gasteiger charge is -2.06. The second-order valence-electron chi connectivity index (χ2n) is 5.49. The van der Waals surface area contributed by atoms with Crippen molar-refractivity contribution in [2.24, 2.45) is 5.92 Å². The van der Waals surface area contributed by atoms with Crippen molar-refractivity contribution in [3.8, 4) is 11.3 Å². The van der Waals surface area contributed by atoms with Gasteiger partial charge in [-0.15, -0.1) is 11.3 Å². The van der Waals surface area contributed by atoms with Gasteiger partial charge in [-0.25, -0.2) is 4.98 Å². The van der Waals surface area contributed by atoms with Crippen LogP contribution in [0.4, 0.5) is 0 Å². The molecule has 1 aromatic heterocycles. The number of nitrogens with one attached hydrogen (secondary N) is 1. The maximum atomic E-state index is 5.56. The van der Waals surface area contributed by atoms with E-state index < -0.39 is 0 Å². The summed E-state index contributed by atoms with van der Waals surface area (Å²) in [6, 6.07) is 10.3. The van der Waals surface area contributed by atoms with Gasteiger partial charge >= 0.3 is 0 Å². The van der Waals surface area contributed by atoms with E-state index in [1.54, 1.807) is 11.3 Å². The monoisotopic (exact) mass is 304 g/mol. The number of nitrogens with zero attached hydrogens (tertiary/aromatic N) is 1. The second kappa shape index (κ2) is 8.93. The van der Waals surface area contributed by atoms with Gasteiger partial charge in [-0.05, 0) is 18.9 Å². The van der Waals surface area contributed by atoms with E-state index in [1.807, 2.05) is 18.2 Å². The van der Waals surface area contributed by atoms with Crippen LogP contribution < -0.4 is 5.32 Å². The molecule has 114 valence electrons. The third-order valence-corrected chi connectivity index (χ3v) is 3.84. The maximum Gasteiger partial charge on any atom is 0.107 e. The summed E-state index contributed by atoms with van der Waals surface area (Å²) >= 11 is 1.71. The summed E-state index contributed by atoms with van der Waals surface area (Å²) in [5, 5.41) is 6.68. The van der Waals surface area contributed by atoms with Gasteiger partial charge in [0.15, 0.2) is 0 Å². The average molecular weight is 304 g/mol. The Morgan fingerprint density at radius 3 is 2.81 bits per heavy atom. The molecule has 0 aliphatic heterocycles. The summed E-state index contributed by atoms with van der Waals surface area (Å²) in [4.78, 5) is 4.66. The molecule has 0 spiro atoms. The van der Waals surface area contributed by atoms with Crippen LogP contribution in [0.2, 0.25) is 0 Å². The van der Waals surface area contributed by atoms with Crippen molar-refractivity contribution in [2.45, 2.75) is 26.8 Å². The van der Waals surface area contributed by atoms with Crippen LogP contribution in [0.15, 0.2) is 35.7 Å². The van der Waals surface area contributed by atoms with Crippen LogP contribution in [-0.2, 0) is 11.3 Å². The molecule has 0 radical (unpaired) electrons. The van der Waals surface area contributed by atoms with Crippen LogP contribution in [-0.4, -0.2) is 24.7 Å². The van der Waals surface area contributed by atoms with Crippen LogP contribution in [0.5, 0.6) is 0 Å². The van der Waals surface area contributed by atoms with Gasteiger partial charge < -0.3 is 10.1 Å². The zero-order valence-corrected chi connectivity index (χ0v) is 13.7. The number of ether oxygens (including phenoxy) is 1. The van der Waals surface area contributed by atoms with Gasteiger partial charge in [-0.2, -0.15) is 0 Å². The minimum absolute atomic E-state index is 0.615. The SMILES string of the molecule is CC(C)COCCCNCc1nc(-c2ccccc2)cs1. The first-order chi connectivity index (χ1) is 10.3. The number of hydrogen-bond donors (Lipinski definition) is 1. The van der Waals surface area contributed by atoms with Gasteiger partial charge in [-0.1, -0.05) is 44.2 Å². The minimum atomic E-state index is 0.615. The molecule has 3 nitrogen and oxygen atoms in total. The van der Waals surface area contributed by atoms with Crippen LogP contribution >= 0.6 is 11.3 Å². The summed E-state index contributed by atoms with van der Waals surface area (Å²) in [6.07, 6.45) is 1.05. The summed E-state index contributed by atoms with van der Waals surface area (Å²) in [5.74, 6) is 0.615. The van der Waals surface area contributed by atoms with Crippen LogP contribution in [0.1, 0.15) is 25.3 Å². The summed E-state index contributed by atoms with van der Waals surface area (Å²) < 4.78 is 5.56. The zero-order valence-electron chi connectivity index (χ0n) is 12.8. The first-order valence-electron chi connectivity index (χ1n) is 7.54. The van der Waals surface area contributed by atoms with E-state index in [0.29, 0.717) is 5.92 Å². The summed E-state index contributed by atoms with van der Waals surface area (Å²) in [7, 11) is 0. The van der Waals surface area contributed by atoms with E-state index >= 15 is 0 Å². The minimum Gasteiger partial charge on any atom is -0.381 e. The molecule has 0 aliphatic carbocycles. The van der Waals surface area contributed by atoms with Gasteiger partial charge in [0, 0.05) is 30.7 Å². The number of rotatable bonds is 9. The fraction of sp³-hybridized carbons (Fsp3) is 0.471. The molecule has 0 amide bonds. The molecule has 0 saturated heterocycles. The zero-order chi connectivity index (χ0) is 14.9. The fourth-order valence-corrected chi connectivity index (χ4v) is 2.72. The first-order valence-corrected chi connectivity index (χ1v) is 8.42. The van der Waals surface area contributed by atoms with E-state index in [2.05, 4.69) is 41.7 Å². The molecule has 0 unspecified atom stereocenters. The van der Waals surface area contributed by atoms with Gasteiger partial charge in [0.1, 0.15) is 5.01 Å². The fourth-order valence-electron chi connectivity index (χ4n) is 1.95. The molecule has 0 atom stereocenters. The molecule has 2 rings (SSSR count). The predicted octanol–water partition coefficient (Wildman–Crippen LogP) is 3.96. The molecule has 1 heterocycles. The van der Waals surface area contributed by atoms with Gasteiger partial charge in [-0.3, -0.25) is 0 Å². The molecule has 0 aliphatic rings. The van der Waals surface area contributed by atoms with Crippen molar-refractivity contribution in [2.75, 3.05) is 19.8 Å². The Balaban J connectivity index is 1.65. The Bertz CT molecular complexity index is 511. The number of hydrogen-bond acceptors (Lipinski definition) is 4. The number of thiazole rings is 1. The maximum absolute atomic E-state index is 5.56. The lowest BCUT2D eigenvalue weighted by molar-refractivity contribution is 0.108. The smallest absolute Gasteiger partial charge is 0.107 e. The average Bonchev–Trinajstić information content (AvgIpc) is 2.96. The Kier molecular flexibility index (Phi) is 6.86. The van der Waals surface area contributed by atoms with Crippen molar-refractivity contribution < 1.29 is 4.74 Å². The van der Waals surface area contributed by atoms with Crippen molar-refractivity contribution in [1.29, 1.82) is 0 Å². The van der Waals surface area contributed by atoms with Crippen LogP contribution in [0, 0.1) is 5.92 Å². The van der Waals surface area contributed by atoms with Gasteiger partial charge in [0.05, 0.1) is 5.69 Å². The third-order valence-electron chi connectivity index (χ3n) is 2.99. The molecule has 0 bridgehead atoms. The van der Waals surface area contributed by atoms with Crippen LogP contribution in [0.25, 0.3) is 11.3 Å². The van der Waals surface area contributed by atoms with Crippen molar-refractivity contribution in [3.05, 3.63) is 40.7 Å². The highest BCUT2D eigenvalue weighted by Crippen LogP contribution is 2.21.